The Morgan fingerprint density at radius 2 is 2.32 bits per heavy atom. The Hall–Kier alpha value is -1.34. The number of furan rings is 1. The molecular formula is C15H24N2O4S. The predicted molar refractivity (Wildman–Crippen MR) is 83.8 cm³/mol. The normalized spacial score (nSPS) is 20.0. The summed E-state index contributed by atoms with van der Waals surface area (Å²) in [4.78, 5) is 12.2. The summed E-state index contributed by atoms with van der Waals surface area (Å²) in [5.41, 5.74) is 0. The van der Waals surface area contributed by atoms with Gasteiger partial charge in [-0.15, -0.1) is 0 Å². The van der Waals surface area contributed by atoms with Crippen molar-refractivity contribution in [3.63, 3.8) is 0 Å². The zero-order chi connectivity index (χ0) is 16.0. The average molecular weight is 328 g/mol. The first-order valence-corrected chi connectivity index (χ1v) is 9.41. The van der Waals surface area contributed by atoms with Crippen molar-refractivity contribution < 1.29 is 17.6 Å². The molecule has 1 saturated heterocycles. The van der Waals surface area contributed by atoms with Gasteiger partial charge < -0.3 is 9.73 Å². The van der Waals surface area contributed by atoms with Crippen LogP contribution in [0.25, 0.3) is 0 Å². The number of hydrogen-bond acceptors (Lipinski definition) is 4. The number of amides is 1. The number of piperidine rings is 1. The van der Waals surface area contributed by atoms with Crippen LogP contribution >= 0.6 is 0 Å². The molecule has 124 valence electrons. The number of aryl methyl sites for hydroxylation is 1. The van der Waals surface area contributed by atoms with E-state index in [-0.39, 0.29) is 17.6 Å². The van der Waals surface area contributed by atoms with Crippen molar-refractivity contribution in [3.8, 4) is 0 Å². The van der Waals surface area contributed by atoms with E-state index in [1.165, 1.54) is 4.31 Å². The van der Waals surface area contributed by atoms with E-state index in [9.17, 15) is 13.2 Å². The molecule has 22 heavy (non-hydrogen) atoms. The molecule has 0 aliphatic carbocycles. The van der Waals surface area contributed by atoms with Gasteiger partial charge in [0, 0.05) is 26.1 Å². The number of nitrogens with one attached hydrogen (secondary N) is 1. The summed E-state index contributed by atoms with van der Waals surface area (Å²) in [5, 5.41) is 2.90. The Morgan fingerprint density at radius 1 is 1.50 bits per heavy atom. The Morgan fingerprint density at radius 3 is 3.00 bits per heavy atom. The van der Waals surface area contributed by atoms with Gasteiger partial charge in [0.2, 0.25) is 15.9 Å². The monoisotopic (exact) mass is 328 g/mol. The maximum Gasteiger partial charge on any atom is 0.224 e. The Balaban J connectivity index is 1.74. The van der Waals surface area contributed by atoms with Gasteiger partial charge in [-0.1, -0.05) is 0 Å². The fourth-order valence-corrected chi connectivity index (χ4v) is 3.84. The molecular weight excluding hydrogens is 304 g/mol. The van der Waals surface area contributed by atoms with E-state index >= 15 is 0 Å². The van der Waals surface area contributed by atoms with Crippen LogP contribution in [0.5, 0.6) is 0 Å². The van der Waals surface area contributed by atoms with Gasteiger partial charge in [-0.05, 0) is 38.3 Å². The number of nitrogens with zero attached hydrogens (tertiary/aromatic N) is 1. The second-order valence-electron chi connectivity index (χ2n) is 5.57. The third kappa shape index (κ3) is 4.58. The second-order valence-corrected chi connectivity index (χ2v) is 7.83. The molecule has 0 saturated carbocycles. The number of carbonyl (C=O) groups is 1. The molecule has 1 fully saturated rings. The van der Waals surface area contributed by atoms with E-state index in [1.807, 2.05) is 12.1 Å². The number of carbonyl (C=O) groups excluding carboxylic acids is 1. The molecule has 1 amide bonds. The van der Waals surface area contributed by atoms with Gasteiger partial charge in [0.15, 0.2) is 0 Å². The molecule has 2 heterocycles. The molecule has 2 rings (SSSR count). The maximum atomic E-state index is 12.2. The van der Waals surface area contributed by atoms with Crippen LogP contribution in [0.3, 0.4) is 0 Å². The first-order valence-electron chi connectivity index (χ1n) is 7.81. The smallest absolute Gasteiger partial charge is 0.224 e. The lowest BCUT2D eigenvalue weighted by molar-refractivity contribution is -0.126. The fraction of sp³-hybridized carbons (Fsp3) is 0.667. The molecule has 6 nitrogen and oxygen atoms in total. The van der Waals surface area contributed by atoms with Crippen LogP contribution in [-0.4, -0.2) is 44.0 Å². The van der Waals surface area contributed by atoms with Crippen LogP contribution in [0, 0.1) is 5.92 Å². The fourth-order valence-electron chi connectivity index (χ4n) is 2.67. The van der Waals surface area contributed by atoms with Crippen LogP contribution in [0.15, 0.2) is 22.8 Å². The highest BCUT2D eigenvalue weighted by Crippen LogP contribution is 2.19. The van der Waals surface area contributed by atoms with Crippen LogP contribution in [0.1, 0.15) is 31.9 Å². The third-order valence-electron chi connectivity index (χ3n) is 3.99. The number of sulfonamides is 1. The molecule has 0 radical (unpaired) electrons. The summed E-state index contributed by atoms with van der Waals surface area (Å²) in [6.45, 7) is 3.04. The SMILES string of the molecule is CCS(=O)(=O)N1CCC[C@H](C(=O)NCCCc2ccco2)C1. The van der Waals surface area contributed by atoms with Crippen LogP contribution in [0.4, 0.5) is 0 Å². The van der Waals surface area contributed by atoms with E-state index in [1.54, 1.807) is 13.2 Å². The quantitative estimate of drug-likeness (QED) is 0.767. The van der Waals surface area contributed by atoms with Crippen molar-refractivity contribution in [2.45, 2.75) is 32.6 Å². The second kappa shape index (κ2) is 7.78. The van der Waals surface area contributed by atoms with Gasteiger partial charge in [-0.2, -0.15) is 0 Å². The van der Waals surface area contributed by atoms with E-state index in [0.29, 0.717) is 19.6 Å². The third-order valence-corrected chi connectivity index (χ3v) is 5.84. The zero-order valence-corrected chi connectivity index (χ0v) is 13.8. The lowest BCUT2D eigenvalue weighted by Gasteiger charge is -2.30. The molecule has 1 aliphatic heterocycles. The first-order chi connectivity index (χ1) is 10.5. The molecule has 1 N–H and O–H groups in total. The maximum absolute atomic E-state index is 12.2. The molecule has 0 bridgehead atoms. The Labute approximate surface area is 131 Å². The van der Waals surface area contributed by atoms with Crippen molar-refractivity contribution in [2.75, 3.05) is 25.4 Å². The molecule has 1 atom stereocenters. The van der Waals surface area contributed by atoms with Crippen molar-refractivity contribution in [3.05, 3.63) is 24.2 Å². The van der Waals surface area contributed by atoms with Gasteiger partial charge in [0.25, 0.3) is 0 Å². The molecule has 7 heteroatoms. The van der Waals surface area contributed by atoms with Crippen molar-refractivity contribution in [1.29, 1.82) is 0 Å². The number of rotatable bonds is 7. The zero-order valence-electron chi connectivity index (χ0n) is 13.0. The minimum atomic E-state index is -3.20. The van der Waals surface area contributed by atoms with Crippen LogP contribution in [0.2, 0.25) is 0 Å². The van der Waals surface area contributed by atoms with Crippen molar-refractivity contribution >= 4 is 15.9 Å². The Bertz CT molecular complexity index is 568. The van der Waals surface area contributed by atoms with Gasteiger partial charge in [0.05, 0.1) is 17.9 Å². The summed E-state index contributed by atoms with van der Waals surface area (Å²) >= 11 is 0. The first kappa shape index (κ1) is 17.0. The lowest BCUT2D eigenvalue weighted by Crippen LogP contribution is -2.46. The van der Waals surface area contributed by atoms with Gasteiger partial charge in [0.1, 0.15) is 5.76 Å². The van der Waals surface area contributed by atoms with Gasteiger partial charge >= 0.3 is 0 Å². The summed E-state index contributed by atoms with van der Waals surface area (Å²) in [5.74, 6) is 0.714. The minimum Gasteiger partial charge on any atom is -0.469 e. The minimum absolute atomic E-state index is 0.0459. The topological polar surface area (TPSA) is 79.6 Å². The van der Waals surface area contributed by atoms with Gasteiger partial charge in [-0.3, -0.25) is 4.79 Å². The van der Waals surface area contributed by atoms with E-state index in [4.69, 9.17) is 4.42 Å². The average Bonchev–Trinajstić information content (AvgIpc) is 3.05. The summed E-state index contributed by atoms with van der Waals surface area (Å²) < 4.78 is 30.5. The van der Waals surface area contributed by atoms with Crippen LogP contribution < -0.4 is 5.32 Å². The molecule has 1 aromatic rings. The molecule has 0 aromatic carbocycles. The van der Waals surface area contributed by atoms with Gasteiger partial charge in [-0.25, -0.2) is 12.7 Å². The summed E-state index contributed by atoms with van der Waals surface area (Å²) in [6.07, 6.45) is 4.72. The molecule has 0 unspecified atom stereocenters. The predicted octanol–water partition coefficient (Wildman–Crippen LogP) is 1.39. The van der Waals surface area contributed by atoms with Crippen LogP contribution in [-0.2, 0) is 21.2 Å². The number of hydrogen-bond donors (Lipinski definition) is 1. The van der Waals surface area contributed by atoms with Crippen molar-refractivity contribution in [1.82, 2.24) is 9.62 Å². The van der Waals surface area contributed by atoms with Crippen molar-refractivity contribution in [2.24, 2.45) is 5.92 Å². The molecule has 1 aliphatic rings. The standard InChI is InChI=1S/C15H24N2O4S/c1-2-22(19,20)17-10-4-6-13(12-17)15(18)16-9-3-7-14-8-5-11-21-14/h5,8,11,13H,2-4,6-7,9-10,12H2,1H3,(H,16,18)/t13-/m0/s1. The van der Waals surface area contributed by atoms with E-state index in [0.717, 1.165) is 31.4 Å². The Kier molecular flexibility index (Phi) is 6.02. The summed E-state index contributed by atoms with van der Waals surface area (Å²) in [7, 11) is -3.20. The summed E-state index contributed by atoms with van der Waals surface area (Å²) in [6, 6.07) is 3.76. The largest absolute Gasteiger partial charge is 0.469 e. The highest BCUT2D eigenvalue weighted by atomic mass is 32.2. The van der Waals surface area contributed by atoms with E-state index in [2.05, 4.69) is 5.32 Å². The molecule has 1 aromatic heterocycles. The van der Waals surface area contributed by atoms with E-state index < -0.39 is 10.0 Å². The highest BCUT2D eigenvalue weighted by Gasteiger charge is 2.31. The molecule has 0 spiro atoms. The highest BCUT2D eigenvalue weighted by molar-refractivity contribution is 7.89. The lowest BCUT2D eigenvalue weighted by atomic mass is 9.99.